The fraction of sp³-hybridized carbons (Fsp3) is 0. The first-order valence-electron chi connectivity index (χ1n) is 5.19. The molecule has 2 rings (SSSR count). The van der Waals surface area contributed by atoms with Crippen molar-refractivity contribution in [1.29, 1.82) is 0 Å². The second kappa shape index (κ2) is 5.57. The molecule has 0 fully saturated rings. The van der Waals surface area contributed by atoms with Gasteiger partial charge in [-0.05, 0) is 40.2 Å². The number of halogens is 1. The Bertz CT molecular complexity index is 628. The molecule has 1 amide bonds. The molecule has 2 N–H and O–H groups in total. The molecule has 0 radical (unpaired) electrons. The molecule has 2 aromatic heterocycles. The molecule has 7 heteroatoms. The van der Waals surface area contributed by atoms with Gasteiger partial charge in [0.1, 0.15) is 10.4 Å². The normalized spacial score (nSPS) is 9.95. The molecule has 0 saturated heterocycles. The van der Waals surface area contributed by atoms with E-state index in [4.69, 9.17) is 5.11 Å². The third kappa shape index (κ3) is 3.35. The van der Waals surface area contributed by atoms with Crippen LogP contribution in [0.1, 0.15) is 20.8 Å². The number of amides is 1. The lowest BCUT2D eigenvalue weighted by molar-refractivity contribution is 0.0690. The average Bonchev–Trinajstić information content (AvgIpc) is 2.39. The number of hydrogen-bond donors (Lipinski definition) is 2. The second-order valence-electron chi connectivity index (χ2n) is 3.54. The van der Waals surface area contributed by atoms with Gasteiger partial charge >= 0.3 is 5.97 Å². The average molecular weight is 322 g/mol. The molecule has 19 heavy (non-hydrogen) atoms. The van der Waals surface area contributed by atoms with Crippen molar-refractivity contribution in [2.45, 2.75) is 0 Å². The minimum Gasteiger partial charge on any atom is -0.477 e. The van der Waals surface area contributed by atoms with Crippen molar-refractivity contribution in [1.82, 2.24) is 9.97 Å². The van der Waals surface area contributed by atoms with E-state index in [0.29, 0.717) is 10.2 Å². The highest BCUT2D eigenvalue weighted by Crippen LogP contribution is 2.10. The van der Waals surface area contributed by atoms with Crippen LogP contribution >= 0.6 is 15.9 Å². The zero-order chi connectivity index (χ0) is 13.8. The van der Waals surface area contributed by atoms with Crippen LogP contribution in [0.2, 0.25) is 0 Å². The number of carboxylic acid groups (broad SMARTS) is 1. The SMILES string of the molecule is O=C(Nc1cccc(C(=O)O)n1)c1ccc(Br)nc1. The van der Waals surface area contributed by atoms with Crippen LogP contribution in [0.5, 0.6) is 0 Å². The minimum absolute atomic E-state index is 0.133. The van der Waals surface area contributed by atoms with Crippen LogP contribution in [0.3, 0.4) is 0 Å². The summed E-state index contributed by atoms with van der Waals surface area (Å²) in [5, 5.41) is 11.3. The largest absolute Gasteiger partial charge is 0.477 e. The van der Waals surface area contributed by atoms with E-state index in [-0.39, 0.29) is 11.5 Å². The summed E-state index contributed by atoms with van der Waals surface area (Å²) in [4.78, 5) is 30.3. The van der Waals surface area contributed by atoms with Gasteiger partial charge < -0.3 is 10.4 Å². The van der Waals surface area contributed by atoms with Gasteiger partial charge in [0.15, 0.2) is 5.69 Å². The number of hydrogen-bond acceptors (Lipinski definition) is 4. The Morgan fingerprint density at radius 1 is 1.21 bits per heavy atom. The molecule has 0 aliphatic carbocycles. The van der Waals surface area contributed by atoms with E-state index >= 15 is 0 Å². The Morgan fingerprint density at radius 2 is 2.00 bits per heavy atom. The van der Waals surface area contributed by atoms with Gasteiger partial charge in [-0.1, -0.05) is 6.07 Å². The Balaban J connectivity index is 2.17. The van der Waals surface area contributed by atoms with Crippen molar-refractivity contribution in [3.63, 3.8) is 0 Å². The summed E-state index contributed by atoms with van der Waals surface area (Å²) in [6.07, 6.45) is 1.40. The van der Waals surface area contributed by atoms with Gasteiger partial charge in [-0.25, -0.2) is 14.8 Å². The maximum Gasteiger partial charge on any atom is 0.354 e. The van der Waals surface area contributed by atoms with E-state index in [2.05, 4.69) is 31.2 Å². The van der Waals surface area contributed by atoms with E-state index in [0.717, 1.165) is 0 Å². The molecule has 0 aromatic carbocycles. The number of nitrogens with zero attached hydrogens (tertiary/aromatic N) is 2. The van der Waals surface area contributed by atoms with Gasteiger partial charge in [0, 0.05) is 6.20 Å². The standard InChI is InChI=1S/C12H8BrN3O3/c13-9-5-4-7(6-14-9)11(17)16-10-3-1-2-8(15-10)12(18)19/h1-6H,(H,18,19)(H,15,16,17). The Labute approximate surface area is 116 Å². The van der Waals surface area contributed by atoms with Crippen LogP contribution in [0, 0.1) is 0 Å². The highest BCUT2D eigenvalue weighted by Gasteiger charge is 2.09. The van der Waals surface area contributed by atoms with Crippen molar-refractivity contribution < 1.29 is 14.7 Å². The van der Waals surface area contributed by atoms with Crippen molar-refractivity contribution in [2.75, 3.05) is 5.32 Å². The molecule has 2 aromatic rings. The van der Waals surface area contributed by atoms with Gasteiger partial charge in [0.2, 0.25) is 0 Å². The lowest BCUT2D eigenvalue weighted by atomic mass is 10.2. The number of aromatic carboxylic acids is 1. The van der Waals surface area contributed by atoms with Crippen molar-refractivity contribution in [2.24, 2.45) is 0 Å². The second-order valence-corrected chi connectivity index (χ2v) is 4.35. The number of carbonyl (C=O) groups excluding carboxylic acids is 1. The lowest BCUT2D eigenvalue weighted by Crippen LogP contribution is -2.14. The quantitative estimate of drug-likeness (QED) is 0.845. The lowest BCUT2D eigenvalue weighted by Gasteiger charge is -2.04. The fourth-order valence-corrected chi connectivity index (χ4v) is 1.56. The zero-order valence-electron chi connectivity index (χ0n) is 9.50. The van der Waals surface area contributed by atoms with E-state index < -0.39 is 11.9 Å². The molecule has 6 nitrogen and oxygen atoms in total. The van der Waals surface area contributed by atoms with Crippen molar-refractivity contribution in [3.8, 4) is 0 Å². The third-order valence-corrected chi connectivity index (χ3v) is 2.67. The zero-order valence-corrected chi connectivity index (χ0v) is 11.1. The maximum absolute atomic E-state index is 11.9. The Kier molecular flexibility index (Phi) is 3.86. The maximum atomic E-state index is 11.9. The number of anilines is 1. The molecular weight excluding hydrogens is 314 g/mol. The van der Waals surface area contributed by atoms with Crippen LogP contribution in [0.4, 0.5) is 5.82 Å². The first-order valence-corrected chi connectivity index (χ1v) is 5.99. The number of nitrogens with one attached hydrogen (secondary N) is 1. The third-order valence-electron chi connectivity index (χ3n) is 2.20. The van der Waals surface area contributed by atoms with Crippen LogP contribution in [0.25, 0.3) is 0 Å². The molecule has 0 aliphatic heterocycles. The fourth-order valence-electron chi connectivity index (χ4n) is 1.32. The molecule has 0 bridgehead atoms. The number of carbonyl (C=O) groups is 2. The molecule has 0 unspecified atom stereocenters. The highest BCUT2D eigenvalue weighted by molar-refractivity contribution is 9.10. The van der Waals surface area contributed by atoms with E-state index in [9.17, 15) is 9.59 Å². The summed E-state index contributed by atoms with van der Waals surface area (Å²) in [6, 6.07) is 7.59. The smallest absolute Gasteiger partial charge is 0.354 e. The molecule has 0 atom stereocenters. The molecule has 0 spiro atoms. The predicted octanol–water partition coefficient (Wildman–Crippen LogP) is 2.19. The predicted molar refractivity (Wildman–Crippen MR) is 71.1 cm³/mol. The molecule has 0 aliphatic rings. The first kappa shape index (κ1) is 13.2. The van der Waals surface area contributed by atoms with Crippen LogP contribution in [-0.2, 0) is 0 Å². The molecule has 96 valence electrons. The Morgan fingerprint density at radius 3 is 2.63 bits per heavy atom. The number of pyridine rings is 2. The summed E-state index contributed by atoms with van der Waals surface area (Å²) in [6.45, 7) is 0. The van der Waals surface area contributed by atoms with E-state index in [1.54, 1.807) is 12.1 Å². The number of aromatic nitrogens is 2. The summed E-state index contributed by atoms with van der Waals surface area (Å²) in [5.74, 6) is -1.38. The highest BCUT2D eigenvalue weighted by atomic mass is 79.9. The molecule has 2 heterocycles. The number of rotatable bonds is 3. The van der Waals surface area contributed by atoms with E-state index in [1.807, 2.05) is 0 Å². The first-order chi connectivity index (χ1) is 9.06. The van der Waals surface area contributed by atoms with E-state index in [1.165, 1.54) is 24.4 Å². The Hall–Kier alpha value is -2.28. The summed E-state index contributed by atoms with van der Waals surface area (Å²) in [5.41, 5.74) is 0.220. The summed E-state index contributed by atoms with van der Waals surface area (Å²) >= 11 is 3.17. The van der Waals surface area contributed by atoms with Gasteiger partial charge in [-0.15, -0.1) is 0 Å². The van der Waals surface area contributed by atoms with Crippen molar-refractivity contribution >= 4 is 33.6 Å². The summed E-state index contributed by atoms with van der Waals surface area (Å²) < 4.78 is 0.620. The van der Waals surface area contributed by atoms with Gasteiger partial charge in [-0.3, -0.25) is 4.79 Å². The van der Waals surface area contributed by atoms with Gasteiger partial charge in [0.05, 0.1) is 5.56 Å². The topological polar surface area (TPSA) is 92.2 Å². The summed E-state index contributed by atoms with van der Waals surface area (Å²) in [7, 11) is 0. The molecular formula is C12H8BrN3O3. The van der Waals surface area contributed by atoms with Gasteiger partial charge in [0.25, 0.3) is 5.91 Å². The number of carboxylic acids is 1. The van der Waals surface area contributed by atoms with Crippen LogP contribution in [0.15, 0.2) is 41.1 Å². The minimum atomic E-state index is -1.15. The molecule has 0 saturated carbocycles. The van der Waals surface area contributed by atoms with Crippen LogP contribution in [-0.4, -0.2) is 27.0 Å². The monoisotopic (exact) mass is 321 g/mol. The van der Waals surface area contributed by atoms with Crippen LogP contribution < -0.4 is 5.32 Å². The van der Waals surface area contributed by atoms with Crippen molar-refractivity contribution in [3.05, 3.63) is 52.4 Å². The van der Waals surface area contributed by atoms with Gasteiger partial charge in [-0.2, -0.15) is 0 Å².